The van der Waals surface area contributed by atoms with E-state index in [4.69, 9.17) is 0 Å². The van der Waals surface area contributed by atoms with Gasteiger partial charge in [-0.15, -0.1) is 11.8 Å². The molecule has 0 saturated carbocycles. The molecule has 2 aliphatic rings. The Morgan fingerprint density at radius 1 is 1.73 bits per heavy atom. The molecule has 0 spiro atoms. The molecule has 2 heteroatoms. The molecule has 1 aliphatic carbocycles. The Hall–Kier alpha value is -0.370. The second-order valence-electron chi connectivity index (χ2n) is 3.16. The molecule has 0 amide bonds. The Morgan fingerprint density at radius 2 is 2.64 bits per heavy atom. The van der Waals surface area contributed by atoms with Crippen LogP contribution >= 0.6 is 11.8 Å². The molecule has 1 nitrogen and oxygen atoms in total. The molecule has 1 atom stereocenters. The highest BCUT2D eigenvalue weighted by molar-refractivity contribution is 8.12. The van der Waals surface area contributed by atoms with Gasteiger partial charge in [-0.3, -0.25) is 0 Å². The van der Waals surface area contributed by atoms with Crippen molar-refractivity contribution in [3.05, 3.63) is 18.2 Å². The van der Waals surface area contributed by atoms with Crippen LogP contribution in [0, 0.1) is 6.54 Å². The third kappa shape index (κ3) is 1.45. The quantitative estimate of drug-likeness (QED) is 0.394. The fraction of sp³-hybridized carbons (Fsp3) is 0.556. The Balaban J connectivity index is 2.18. The second-order valence-corrected chi connectivity index (χ2v) is 4.21. The van der Waals surface area contributed by atoms with E-state index in [9.17, 15) is 0 Å². The van der Waals surface area contributed by atoms with Gasteiger partial charge in [0, 0.05) is 5.25 Å². The lowest BCUT2D eigenvalue weighted by atomic mass is 9.99. The lowest BCUT2D eigenvalue weighted by molar-refractivity contribution is -0.442. The summed E-state index contributed by atoms with van der Waals surface area (Å²) in [6.45, 7) is 2.25. The van der Waals surface area contributed by atoms with Crippen molar-refractivity contribution < 1.29 is 4.58 Å². The van der Waals surface area contributed by atoms with Gasteiger partial charge in [0.05, 0.1) is 6.54 Å². The van der Waals surface area contributed by atoms with Crippen molar-refractivity contribution in [2.75, 3.05) is 7.05 Å². The average Bonchev–Trinajstić information content (AvgIpc) is 2.04. The van der Waals surface area contributed by atoms with Crippen LogP contribution in [-0.2, 0) is 0 Å². The summed E-state index contributed by atoms with van der Waals surface area (Å²) in [7, 11) is 2.10. The number of hydrogen-bond donors (Lipinski definition) is 0. The molecule has 0 aromatic heterocycles. The zero-order chi connectivity index (χ0) is 7.68. The number of nitrogens with zero attached hydrogens (tertiary/aromatic N) is 1. The van der Waals surface area contributed by atoms with Crippen molar-refractivity contribution in [1.82, 2.24) is 0 Å². The smallest absolute Gasteiger partial charge is 0.115 e. The highest BCUT2D eigenvalue weighted by atomic mass is 32.2. The summed E-state index contributed by atoms with van der Waals surface area (Å²) in [4.78, 5) is 0. The monoisotopic (exact) mass is 167 g/mol. The van der Waals surface area contributed by atoms with Crippen LogP contribution in [0.1, 0.15) is 19.3 Å². The predicted molar refractivity (Wildman–Crippen MR) is 49.9 cm³/mol. The standard InChI is InChI=1S/C9H13NS/c1-10-6-8-4-2-3-5-9(8)11-7-10/h4,6-7,9H,2-3,5H2,1H3. The molecule has 0 radical (unpaired) electrons. The van der Waals surface area contributed by atoms with Crippen molar-refractivity contribution >= 4 is 17.3 Å². The van der Waals surface area contributed by atoms with E-state index in [0.717, 1.165) is 5.25 Å². The van der Waals surface area contributed by atoms with Crippen molar-refractivity contribution in [1.29, 1.82) is 0 Å². The van der Waals surface area contributed by atoms with E-state index in [1.807, 2.05) is 11.8 Å². The van der Waals surface area contributed by atoms with Crippen molar-refractivity contribution in [3.63, 3.8) is 0 Å². The molecule has 0 aromatic rings. The molecule has 60 valence electrons. The van der Waals surface area contributed by atoms with Crippen LogP contribution in [0.25, 0.3) is 0 Å². The Morgan fingerprint density at radius 3 is 3.55 bits per heavy atom. The minimum atomic E-state index is 0.764. The van der Waals surface area contributed by atoms with Gasteiger partial charge in [0.2, 0.25) is 0 Å². The molecule has 11 heavy (non-hydrogen) atoms. The van der Waals surface area contributed by atoms with Gasteiger partial charge in [-0.2, -0.15) is 6.08 Å². The first-order valence-corrected chi connectivity index (χ1v) is 5.06. The molecule has 1 unspecified atom stereocenters. The van der Waals surface area contributed by atoms with Crippen LogP contribution in [0.5, 0.6) is 0 Å². The molecular formula is C9H13NS. The largest absolute Gasteiger partial charge is 0.307 e. The first-order chi connectivity index (χ1) is 5.36. The Bertz CT molecular complexity index is 218. The van der Waals surface area contributed by atoms with Crippen LogP contribution in [0.2, 0.25) is 0 Å². The second kappa shape index (κ2) is 2.94. The highest BCUT2D eigenvalue weighted by Crippen LogP contribution is 2.32. The van der Waals surface area contributed by atoms with Crippen LogP contribution in [0.3, 0.4) is 0 Å². The van der Waals surface area contributed by atoms with E-state index >= 15 is 0 Å². The predicted octanol–water partition coefficient (Wildman–Crippen LogP) is 2.04. The van der Waals surface area contributed by atoms with Crippen molar-refractivity contribution in [2.24, 2.45) is 0 Å². The average molecular weight is 167 g/mol. The van der Waals surface area contributed by atoms with Crippen LogP contribution < -0.4 is 0 Å². The lowest BCUT2D eigenvalue weighted by Gasteiger charge is -2.28. The van der Waals surface area contributed by atoms with Gasteiger partial charge < -0.3 is 4.58 Å². The van der Waals surface area contributed by atoms with Gasteiger partial charge in [0.15, 0.2) is 0 Å². The minimum absolute atomic E-state index is 0.764. The van der Waals surface area contributed by atoms with Crippen LogP contribution in [0.15, 0.2) is 11.6 Å². The van der Waals surface area contributed by atoms with Gasteiger partial charge in [0.25, 0.3) is 0 Å². The number of allylic oxidation sites excluding steroid dienone is 1. The summed E-state index contributed by atoms with van der Waals surface area (Å²) in [5.74, 6) is 0. The first kappa shape index (κ1) is 7.29. The van der Waals surface area contributed by atoms with Crippen LogP contribution in [-0.4, -0.2) is 22.4 Å². The van der Waals surface area contributed by atoms with Gasteiger partial charge in [-0.25, -0.2) is 0 Å². The SMILES string of the molecule is C[N+]1=CSC2CCCC=C2[CH-]1. The lowest BCUT2D eigenvalue weighted by Crippen LogP contribution is -2.21. The van der Waals surface area contributed by atoms with Gasteiger partial charge in [-0.05, 0) is 6.42 Å². The third-order valence-electron chi connectivity index (χ3n) is 2.17. The van der Waals surface area contributed by atoms with E-state index in [-0.39, 0.29) is 0 Å². The zero-order valence-electron chi connectivity index (χ0n) is 6.79. The molecule has 1 heterocycles. The zero-order valence-corrected chi connectivity index (χ0v) is 7.60. The molecule has 0 saturated heterocycles. The summed E-state index contributed by atoms with van der Waals surface area (Å²) in [5, 5.41) is 0.764. The maximum absolute atomic E-state index is 2.38. The Kier molecular flexibility index (Phi) is 1.95. The number of hydrogen-bond acceptors (Lipinski definition) is 1. The highest BCUT2D eigenvalue weighted by Gasteiger charge is 2.18. The Labute approximate surface area is 72.2 Å². The fourth-order valence-corrected chi connectivity index (χ4v) is 2.60. The van der Waals surface area contributed by atoms with Gasteiger partial charge in [0.1, 0.15) is 12.6 Å². The first-order valence-electron chi connectivity index (χ1n) is 4.12. The maximum atomic E-state index is 2.38. The summed E-state index contributed by atoms with van der Waals surface area (Å²) in [5.41, 5.74) is 3.74. The maximum Gasteiger partial charge on any atom is 0.115 e. The van der Waals surface area contributed by atoms with E-state index in [1.54, 1.807) is 0 Å². The summed E-state index contributed by atoms with van der Waals surface area (Å²) < 4.78 is 2.15. The molecule has 1 aliphatic heterocycles. The normalized spacial score (nSPS) is 29.7. The van der Waals surface area contributed by atoms with E-state index in [0.29, 0.717) is 0 Å². The van der Waals surface area contributed by atoms with Gasteiger partial charge >= 0.3 is 0 Å². The van der Waals surface area contributed by atoms with Crippen molar-refractivity contribution in [3.8, 4) is 0 Å². The number of rotatable bonds is 0. The number of likely N-dealkylation sites (N-methyl/N-ethyl adjacent to an activating group) is 1. The van der Waals surface area contributed by atoms with Crippen molar-refractivity contribution in [2.45, 2.75) is 24.5 Å². The molecule has 0 fully saturated rings. The van der Waals surface area contributed by atoms with E-state index in [1.165, 1.54) is 24.8 Å². The molecule has 2 rings (SSSR count). The molecule has 0 aromatic carbocycles. The summed E-state index contributed by atoms with van der Waals surface area (Å²) in [6, 6.07) is 0. The topological polar surface area (TPSA) is 3.01 Å². The number of fused-ring (bicyclic) bond motifs is 1. The summed E-state index contributed by atoms with van der Waals surface area (Å²) in [6.07, 6.45) is 6.38. The molecule has 0 bridgehead atoms. The van der Waals surface area contributed by atoms with E-state index < -0.39 is 0 Å². The molecular weight excluding hydrogens is 154 g/mol. The number of thioether (sulfide) groups is 1. The minimum Gasteiger partial charge on any atom is -0.307 e. The third-order valence-corrected chi connectivity index (χ3v) is 3.46. The summed E-state index contributed by atoms with van der Waals surface area (Å²) >= 11 is 1.96. The van der Waals surface area contributed by atoms with Gasteiger partial charge in [-0.1, -0.05) is 18.4 Å². The fourth-order valence-electron chi connectivity index (χ4n) is 1.59. The van der Waals surface area contributed by atoms with E-state index in [2.05, 4.69) is 29.8 Å². The van der Waals surface area contributed by atoms with Crippen LogP contribution in [0.4, 0.5) is 0 Å². The molecule has 0 N–H and O–H groups in total.